The largest absolute Gasteiger partial charge is 0.384 e. The lowest BCUT2D eigenvalue weighted by Gasteiger charge is -2.11. The van der Waals surface area contributed by atoms with Crippen molar-refractivity contribution in [1.29, 1.82) is 5.26 Å². The Morgan fingerprint density at radius 2 is 1.90 bits per heavy atom. The number of nitrogens with zero attached hydrogens (tertiary/aromatic N) is 1. The molecule has 0 saturated heterocycles. The molecule has 0 saturated carbocycles. The van der Waals surface area contributed by atoms with Crippen molar-refractivity contribution in [2.24, 2.45) is 0 Å². The van der Waals surface area contributed by atoms with Crippen molar-refractivity contribution in [3.63, 3.8) is 0 Å². The molecule has 0 aliphatic carbocycles. The Labute approximate surface area is 124 Å². The minimum Gasteiger partial charge on any atom is -0.384 e. The number of hydrogen-bond donors (Lipinski definition) is 1. The van der Waals surface area contributed by atoms with Crippen LogP contribution in [0.4, 0.5) is 5.69 Å². The molecule has 0 fully saturated rings. The molecular formula is C17H18N2S. The molecule has 3 heteroatoms. The quantitative estimate of drug-likeness (QED) is 0.801. The second kappa shape index (κ2) is 7.62. The molecule has 2 aromatic carbocycles. The van der Waals surface area contributed by atoms with E-state index in [9.17, 15) is 5.26 Å². The Morgan fingerprint density at radius 3 is 2.60 bits per heavy atom. The van der Waals surface area contributed by atoms with Crippen LogP contribution >= 0.6 is 11.8 Å². The van der Waals surface area contributed by atoms with Gasteiger partial charge in [0.15, 0.2) is 0 Å². The zero-order chi connectivity index (χ0) is 14.2. The molecule has 0 heterocycles. The first kappa shape index (κ1) is 14.5. The van der Waals surface area contributed by atoms with Crippen molar-refractivity contribution >= 4 is 17.4 Å². The summed E-state index contributed by atoms with van der Waals surface area (Å²) in [5, 5.41) is 12.7. The van der Waals surface area contributed by atoms with E-state index in [0.717, 1.165) is 34.9 Å². The molecule has 0 bridgehead atoms. The van der Waals surface area contributed by atoms with E-state index in [1.165, 1.54) is 5.56 Å². The number of hydrogen-bond acceptors (Lipinski definition) is 3. The minimum atomic E-state index is 0.757. The minimum absolute atomic E-state index is 0.757. The third-order valence-electron chi connectivity index (χ3n) is 3.01. The van der Waals surface area contributed by atoms with Crippen LogP contribution in [0.25, 0.3) is 0 Å². The highest BCUT2D eigenvalue weighted by molar-refractivity contribution is 7.99. The summed E-state index contributed by atoms with van der Waals surface area (Å²) in [5.74, 6) is 0.974. The first-order chi connectivity index (χ1) is 9.85. The normalized spacial score (nSPS) is 10.0. The fourth-order valence-corrected chi connectivity index (χ4v) is 2.84. The summed E-state index contributed by atoms with van der Waals surface area (Å²) >= 11 is 1.71. The van der Waals surface area contributed by atoms with Gasteiger partial charge >= 0.3 is 0 Å². The molecule has 0 atom stereocenters. The van der Waals surface area contributed by atoms with Crippen LogP contribution in [0.1, 0.15) is 18.1 Å². The summed E-state index contributed by atoms with van der Waals surface area (Å²) in [6, 6.07) is 18.7. The molecular weight excluding hydrogens is 264 g/mol. The van der Waals surface area contributed by atoms with Crippen molar-refractivity contribution in [2.75, 3.05) is 17.6 Å². The van der Waals surface area contributed by atoms with Crippen molar-refractivity contribution in [3.8, 4) is 6.07 Å². The van der Waals surface area contributed by atoms with Crippen molar-refractivity contribution in [3.05, 3.63) is 59.7 Å². The van der Waals surface area contributed by atoms with E-state index >= 15 is 0 Å². The van der Waals surface area contributed by atoms with Gasteiger partial charge in [0.25, 0.3) is 0 Å². The van der Waals surface area contributed by atoms with Gasteiger partial charge in [0, 0.05) is 11.4 Å². The zero-order valence-electron chi connectivity index (χ0n) is 11.6. The fourth-order valence-electron chi connectivity index (χ4n) is 2.06. The lowest BCUT2D eigenvalue weighted by Crippen LogP contribution is -2.06. The SMILES string of the molecule is CCSc1cccc(NCCc2ccccc2)c1C#N. The van der Waals surface area contributed by atoms with Crippen LogP contribution < -0.4 is 5.32 Å². The molecule has 102 valence electrons. The van der Waals surface area contributed by atoms with Gasteiger partial charge in [0.05, 0.1) is 11.3 Å². The van der Waals surface area contributed by atoms with Crippen molar-refractivity contribution in [1.82, 2.24) is 0 Å². The maximum atomic E-state index is 9.34. The van der Waals surface area contributed by atoms with Gasteiger partial charge in [0.2, 0.25) is 0 Å². The first-order valence-electron chi connectivity index (χ1n) is 6.79. The van der Waals surface area contributed by atoms with Gasteiger partial charge < -0.3 is 5.32 Å². The second-order valence-corrected chi connectivity index (χ2v) is 5.69. The molecule has 0 aromatic heterocycles. The number of benzene rings is 2. The maximum absolute atomic E-state index is 9.34. The number of thioether (sulfide) groups is 1. The van der Waals surface area contributed by atoms with E-state index in [1.807, 2.05) is 24.3 Å². The molecule has 2 rings (SSSR count). The smallest absolute Gasteiger partial charge is 0.102 e. The topological polar surface area (TPSA) is 35.8 Å². The van der Waals surface area contributed by atoms with Crippen LogP contribution in [0.3, 0.4) is 0 Å². The third-order valence-corrected chi connectivity index (χ3v) is 3.95. The van der Waals surface area contributed by atoms with Crippen molar-refractivity contribution in [2.45, 2.75) is 18.2 Å². The van der Waals surface area contributed by atoms with Crippen LogP contribution in [0.15, 0.2) is 53.4 Å². The van der Waals surface area contributed by atoms with Crippen molar-refractivity contribution < 1.29 is 0 Å². The number of rotatable bonds is 6. The molecule has 0 unspecified atom stereocenters. The Hall–Kier alpha value is -1.92. The number of nitriles is 1. The maximum Gasteiger partial charge on any atom is 0.102 e. The predicted octanol–water partition coefficient (Wildman–Crippen LogP) is 4.32. The van der Waals surface area contributed by atoms with Crippen LogP contribution in [-0.4, -0.2) is 12.3 Å². The average molecular weight is 282 g/mol. The Kier molecular flexibility index (Phi) is 5.52. The molecule has 0 amide bonds. The van der Waals surface area contributed by atoms with E-state index in [0.29, 0.717) is 0 Å². The molecule has 2 aromatic rings. The van der Waals surface area contributed by atoms with Gasteiger partial charge in [0.1, 0.15) is 6.07 Å². The summed E-state index contributed by atoms with van der Waals surface area (Å²) in [6.45, 7) is 2.93. The molecule has 0 spiro atoms. The average Bonchev–Trinajstić information content (AvgIpc) is 2.49. The van der Waals surface area contributed by atoms with Crippen LogP contribution in [-0.2, 0) is 6.42 Å². The Morgan fingerprint density at radius 1 is 1.10 bits per heavy atom. The lowest BCUT2D eigenvalue weighted by molar-refractivity contribution is 1.02. The lowest BCUT2D eigenvalue weighted by atomic mass is 10.1. The Balaban J connectivity index is 2.02. The molecule has 2 nitrogen and oxygen atoms in total. The number of anilines is 1. The highest BCUT2D eigenvalue weighted by Gasteiger charge is 2.07. The summed E-state index contributed by atoms with van der Waals surface area (Å²) in [5.41, 5.74) is 2.99. The molecule has 0 aliphatic heterocycles. The monoisotopic (exact) mass is 282 g/mol. The van der Waals surface area contributed by atoms with Gasteiger partial charge in [-0.25, -0.2) is 0 Å². The Bertz CT molecular complexity index is 588. The highest BCUT2D eigenvalue weighted by atomic mass is 32.2. The fraction of sp³-hybridized carbons (Fsp3) is 0.235. The summed E-state index contributed by atoms with van der Waals surface area (Å²) in [7, 11) is 0. The summed E-state index contributed by atoms with van der Waals surface area (Å²) in [6.07, 6.45) is 0.955. The molecule has 0 aliphatic rings. The van der Waals surface area contributed by atoms with Gasteiger partial charge in [-0.15, -0.1) is 11.8 Å². The van der Waals surface area contributed by atoms with Gasteiger partial charge in [-0.2, -0.15) is 5.26 Å². The number of nitrogens with one attached hydrogen (secondary N) is 1. The van der Waals surface area contributed by atoms with Gasteiger partial charge in [-0.1, -0.05) is 43.3 Å². The van der Waals surface area contributed by atoms with Gasteiger partial charge in [-0.3, -0.25) is 0 Å². The van der Waals surface area contributed by atoms with E-state index in [1.54, 1.807) is 11.8 Å². The van der Waals surface area contributed by atoms with E-state index in [4.69, 9.17) is 0 Å². The van der Waals surface area contributed by atoms with Crippen LogP contribution in [0, 0.1) is 11.3 Å². The predicted molar refractivity (Wildman–Crippen MR) is 86.2 cm³/mol. The van der Waals surface area contributed by atoms with Crippen LogP contribution in [0.2, 0.25) is 0 Å². The van der Waals surface area contributed by atoms with E-state index < -0.39 is 0 Å². The second-order valence-electron chi connectivity index (χ2n) is 4.39. The first-order valence-corrected chi connectivity index (χ1v) is 7.77. The standard InChI is InChI=1S/C17H18N2S/c1-2-20-17-10-6-9-16(15(17)13-18)19-12-11-14-7-4-3-5-8-14/h3-10,19H,2,11-12H2,1H3. The van der Waals surface area contributed by atoms with E-state index in [2.05, 4.69) is 42.6 Å². The van der Waals surface area contributed by atoms with E-state index in [-0.39, 0.29) is 0 Å². The highest BCUT2D eigenvalue weighted by Crippen LogP contribution is 2.27. The molecule has 20 heavy (non-hydrogen) atoms. The molecule has 1 N–H and O–H groups in total. The summed E-state index contributed by atoms with van der Waals surface area (Å²) in [4.78, 5) is 1.06. The zero-order valence-corrected chi connectivity index (χ0v) is 12.4. The van der Waals surface area contributed by atoms with Crippen LogP contribution in [0.5, 0.6) is 0 Å². The third kappa shape index (κ3) is 3.79. The van der Waals surface area contributed by atoms with Gasteiger partial charge in [-0.05, 0) is 29.9 Å². The molecule has 0 radical (unpaired) electrons. The summed E-state index contributed by atoms with van der Waals surface area (Å²) < 4.78 is 0.